The smallest absolute Gasteiger partial charge is 0.247 e. The third kappa shape index (κ3) is 9.32. The zero-order valence-electron chi connectivity index (χ0n) is 18.5. The van der Waals surface area contributed by atoms with Crippen molar-refractivity contribution in [1.82, 2.24) is 0 Å². The number of rotatable bonds is 10. The zero-order valence-corrected chi connectivity index (χ0v) is 26.7. The highest BCUT2D eigenvalue weighted by Gasteiger charge is 2.46. The fourth-order valence-corrected chi connectivity index (χ4v) is 14.5. The van der Waals surface area contributed by atoms with Gasteiger partial charge in [0.25, 0.3) is 0 Å². The summed E-state index contributed by atoms with van der Waals surface area (Å²) in [6, 6.07) is 15.7. The Bertz CT molecular complexity index is 963. The number of halogens is 2. The van der Waals surface area contributed by atoms with Gasteiger partial charge in [-0.05, 0) is 72.1 Å². The number of hydrogen-bond acceptors (Lipinski definition) is 10. The van der Waals surface area contributed by atoms with Crippen LogP contribution < -0.4 is 0 Å². The molecule has 0 N–H and O–H groups in total. The molecule has 35 heavy (non-hydrogen) atoms. The van der Waals surface area contributed by atoms with E-state index in [9.17, 15) is 0 Å². The third-order valence-corrected chi connectivity index (χ3v) is 18.6. The molecule has 4 nitrogen and oxygen atoms in total. The van der Waals surface area contributed by atoms with E-state index < -0.39 is 11.4 Å². The molecular weight excluding hydrogens is 641 g/mol. The molecule has 2 saturated heterocycles. The maximum atomic E-state index is 6.09. The molecule has 0 atom stereocenters. The van der Waals surface area contributed by atoms with E-state index in [-0.39, 0.29) is 5.41 Å². The predicted molar refractivity (Wildman–Crippen MR) is 164 cm³/mol. The van der Waals surface area contributed by atoms with Crippen LogP contribution in [0.5, 0.6) is 0 Å². The maximum absolute atomic E-state index is 6.09. The van der Waals surface area contributed by atoms with Crippen LogP contribution in [0.3, 0.4) is 0 Å². The molecule has 0 bridgehead atoms. The van der Waals surface area contributed by atoms with Crippen molar-refractivity contribution in [2.45, 2.75) is 9.79 Å². The number of thioether (sulfide) groups is 2. The molecule has 0 saturated carbocycles. The summed E-state index contributed by atoms with van der Waals surface area (Å²) in [5.41, 5.74) is -5.03. The minimum atomic E-state index is -2.35. The molecule has 1 spiro atoms. The van der Waals surface area contributed by atoms with E-state index >= 15 is 0 Å². The van der Waals surface area contributed by atoms with Crippen LogP contribution in [0, 0.1) is 5.41 Å². The topological polar surface area (TPSA) is 36.9 Å². The molecule has 4 rings (SSSR count). The van der Waals surface area contributed by atoms with Crippen LogP contribution in [0.2, 0.25) is 10.0 Å². The van der Waals surface area contributed by atoms with Crippen molar-refractivity contribution in [1.29, 1.82) is 0 Å². The molecule has 2 aromatic rings. The van der Waals surface area contributed by atoms with Gasteiger partial charge in [0.1, 0.15) is 0 Å². The Morgan fingerprint density at radius 3 is 1.31 bits per heavy atom. The second-order valence-electron chi connectivity index (χ2n) is 7.76. The van der Waals surface area contributed by atoms with Crippen LogP contribution in [0.4, 0.5) is 0 Å². The molecule has 0 aromatic heterocycles. The number of benzene rings is 2. The van der Waals surface area contributed by atoms with Crippen molar-refractivity contribution in [3.63, 3.8) is 0 Å². The van der Waals surface area contributed by atoms with Crippen LogP contribution in [-0.2, 0) is 41.7 Å². The monoisotopic (exact) mass is 664 g/mol. The number of hydrogen-bond donors (Lipinski definition) is 0. The van der Waals surface area contributed by atoms with Crippen LogP contribution in [0.15, 0.2) is 58.3 Å². The van der Waals surface area contributed by atoms with E-state index in [1.165, 1.54) is 9.79 Å². The summed E-state index contributed by atoms with van der Waals surface area (Å²) >= 11 is 30.1. The highest BCUT2D eigenvalue weighted by Crippen LogP contribution is 2.68. The van der Waals surface area contributed by atoms with Gasteiger partial charge in [0, 0.05) is 42.8 Å². The molecule has 14 heteroatoms. The predicted octanol–water partition coefficient (Wildman–Crippen LogP) is 8.87. The van der Waals surface area contributed by atoms with Crippen molar-refractivity contribution < 1.29 is 18.1 Å². The molecule has 2 aliphatic heterocycles. The van der Waals surface area contributed by atoms with E-state index in [1.54, 1.807) is 46.3 Å². The summed E-state index contributed by atoms with van der Waals surface area (Å²) in [5, 5.41) is 1.49. The van der Waals surface area contributed by atoms with Gasteiger partial charge in [0.15, 0.2) is 0 Å². The Balaban J connectivity index is 1.14. The Labute approximate surface area is 243 Å². The van der Waals surface area contributed by atoms with Crippen LogP contribution in [0.25, 0.3) is 0 Å². The third-order valence-electron chi connectivity index (χ3n) is 4.95. The first-order valence-electron chi connectivity index (χ1n) is 10.6. The summed E-state index contributed by atoms with van der Waals surface area (Å²) in [6.07, 6.45) is 0. The van der Waals surface area contributed by atoms with E-state index in [4.69, 9.17) is 64.9 Å². The first-order chi connectivity index (χ1) is 16.8. The fourth-order valence-electron chi connectivity index (χ4n) is 3.02. The lowest BCUT2D eigenvalue weighted by Gasteiger charge is -2.44. The van der Waals surface area contributed by atoms with Gasteiger partial charge < -0.3 is 18.1 Å². The lowest BCUT2D eigenvalue weighted by atomic mass is 9.93. The Hall–Kier alpha value is 1.56. The molecule has 0 radical (unpaired) electrons. The van der Waals surface area contributed by atoms with Gasteiger partial charge in [-0.1, -0.05) is 46.0 Å². The molecule has 2 heterocycles. The van der Waals surface area contributed by atoms with Crippen molar-refractivity contribution in [2.75, 3.05) is 49.4 Å². The largest absolute Gasteiger partial charge is 0.321 e. The van der Waals surface area contributed by atoms with Gasteiger partial charge in [0.2, 0.25) is 11.4 Å². The summed E-state index contributed by atoms with van der Waals surface area (Å²) < 4.78 is 24.4. The van der Waals surface area contributed by atoms with Gasteiger partial charge in [-0.3, -0.25) is 0 Å². The maximum Gasteiger partial charge on any atom is 0.247 e. The summed E-state index contributed by atoms with van der Waals surface area (Å²) in [5.74, 6) is 3.56. The summed E-state index contributed by atoms with van der Waals surface area (Å²) in [6.45, 7) is 1.92. The SMILES string of the molecule is S=P1(SCCSc2ccc(Cl)cc2)OCC2(CO1)COP(=S)(SCCSc1ccc(Cl)cc1)OC2. The van der Waals surface area contributed by atoms with Crippen LogP contribution >= 0.6 is 80.9 Å². The first-order valence-corrected chi connectivity index (χ1v) is 21.8. The van der Waals surface area contributed by atoms with Crippen LogP contribution in [-0.4, -0.2) is 49.4 Å². The minimum Gasteiger partial charge on any atom is -0.321 e. The van der Waals surface area contributed by atoms with Crippen LogP contribution in [0.1, 0.15) is 0 Å². The fraction of sp³-hybridized carbons (Fsp3) is 0.429. The average molecular weight is 666 g/mol. The highest BCUT2D eigenvalue weighted by atomic mass is 35.5. The normalized spacial score (nSPS) is 28.9. The molecule has 192 valence electrons. The molecule has 2 aliphatic rings. The quantitative estimate of drug-likeness (QED) is 0.140. The van der Waals surface area contributed by atoms with E-state index in [1.807, 2.05) is 48.5 Å². The van der Waals surface area contributed by atoms with E-state index in [2.05, 4.69) is 0 Å². The summed E-state index contributed by atoms with van der Waals surface area (Å²) in [7, 11) is 0. The van der Waals surface area contributed by atoms with Crippen molar-refractivity contribution in [2.24, 2.45) is 5.41 Å². The highest BCUT2D eigenvalue weighted by molar-refractivity contribution is 8.68. The van der Waals surface area contributed by atoms with Gasteiger partial charge in [-0.2, -0.15) is 0 Å². The van der Waals surface area contributed by atoms with Crippen molar-refractivity contribution >= 4 is 104 Å². The minimum absolute atomic E-state index is 0.331. The lowest BCUT2D eigenvalue weighted by Crippen LogP contribution is -2.45. The molecular formula is C21H24Cl2O4P2S6. The van der Waals surface area contributed by atoms with E-state index in [0.29, 0.717) is 26.4 Å². The molecule has 2 aromatic carbocycles. The molecule has 0 aliphatic carbocycles. The Morgan fingerprint density at radius 2 is 0.971 bits per heavy atom. The van der Waals surface area contributed by atoms with Crippen molar-refractivity contribution in [3.8, 4) is 0 Å². The standard InChI is InChI=1S/C21H24Cl2O4P2S6/c22-17-1-5-19(6-2-17)32-9-11-34-28(30)24-13-21(14-25-28)15-26-29(31,27-16-21)35-12-10-33-20-7-3-18(23)4-8-20/h1-8H,9-16H2. The first kappa shape index (κ1) is 29.5. The van der Waals surface area contributed by atoms with E-state index in [0.717, 1.165) is 33.1 Å². The van der Waals surface area contributed by atoms with Gasteiger partial charge >= 0.3 is 0 Å². The molecule has 0 unspecified atom stereocenters. The average Bonchev–Trinajstić information content (AvgIpc) is 2.86. The molecule has 0 amide bonds. The lowest BCUT2D eigenvalue weighted by molar-refractivity contribution is -0.0485. The van der Waals surface area contributed by atoms with Gasteiger partial charge in [-0.25, -0.2) is 0 Å². The van der Waals surface area contributed by atoms with Gasteiger partial charge in [0.05, 0.1) is 31.8 Å². The second-order valence-corrected chi connectivity index (χ2v) is 23.8. The second kappa shape index (κ2) is 13.8. The van der Waals surface area contributed by atoms with Gasteiger partial charge in [-0.15, -0.1) is 23.5 Å². The Kier molecular flexibility index (Phi) is 11.6. The Morgan fingerprint density at radius 1 is 0.629 bits per heavy atom. The molecule has 2 fully saturated rings. The van der Waals surface area contributed by atoms with Crippen molar-refractivity contribution in [3.05, 3.63) is 58.6 Å². The zero-order chi connectivity index (χ0) is 24.8. The summed E-state index contributed by atoms with van der Waals surface area (Å²) in [4.78, 5) is 2.37.